The normalized spacial score (nSPS) is 22.9. The van der Waals surface area contributed by atoms with Gasteiger partial charge in [0.25, 0.3) is 5.56 Å². The predicted molar refractivity (Wildman–Crippen MR) is 58.7 cm³/mol. The maximum atomic E-state index is 11.1. The van der Waals surface area contributed by atoms with Crippen molar-refractivity contribution in [3.8, 4) is 0 Å². The molecule has 1 aliphatic rings. The van der Waals surface area contributed by atoms with E-state index in [-0.39, 0.29) is 11.2 Å². The summed E-state index contributed by atoms with van der Waals surface area (Å²) in [6, 6.07) is 1.70. The van der Waals surface area contributed by atoms with Crippen LogP contribution in [0.5, 0.6) is 0 Å². The van der Waals surface area contributed by atoms with Gasteiger partial charge < -0.3 is 10.6 Å². The van der Waals surface area contributed by atoms with Crippen molar-refractivity contribution in [2.45, 2.75) is 18.8 Å². The number of aromatic nitrogens is 2. The topological polar surface area (TPSA) is 75.0 Å². The minimum absolute atomic E-state index is 0.258. The molecule has 0 aromatic carbocycles. The van der Waals surface area contributed by atoms with Gasteiger partial charge in [0.2, 0.25) is 0 Å². The lowest BCUT2D eigenvalue weighted by Crippen LogP contribution is -2.31. The third kappa shape index (κ3) is 2.18. The Labute approximate surface area is 88.3 Å². The summed E-state index contributed by atoms with van der Waals surface area (Å²) in [7, 11) is 2.10. The first-order valence-corrected chi connectivity index (χ1v) is 5.20. The zero-order chi connectivity index (χ0) is 10.8. The summed E-state index contributed by atoms with van der Waals surface area (Å²) in [4.78, 5) is 13.3. The summed E-state index contributed by atoms with van der Waals surface area (Å²) in [6.07, 6.45) is 2.28. The fraction of sp³-hybridized carbons (Fsp3) is 0.600. The maximum absolute atomic E-state index is 11.1. The van der Waals surface area contributed by atoms with E-state index in [1.54, 1.807) is 6.07 Å². The number of hydrogen-bond donors (Lipinski definition) is 2. The number of nitrogens with two attached hydrogens (primary N) is 1. The van der Waals surface area contributed by atoms with Crippen molar-refractivity contribution in [2.24, 2.45) is 0 Å². The van der Waals surface area contributed by atoms with E-state index in [9.17, 15) is 4.79 Å². The highest BCUT2D eigenvalue weighted by Gasteiger charge is 2.20. The number of hydrogen-bond acceptors (Lipinski definition) is 4. The molecule has 1 fully saturated rings. The first-order valence-electron chi connectivity index (χ1n) is 5.20. The summed E-state index contributed by atoms with van der Waals surface area (Å²) in [5.41, 5.74) is 6.42. The number of piperidine rings is 1. The molecule has 2 heterocycles. The molecule has 1 saturated heterocycles. The second-order valence-corrected chi connectivity index (χ2v) is 4.18. The van der Waals surface area contributed by atoms with Gasteiger partial charge in [0.1, 0.15) is 5.69 Å². The summed E-state index contributed by atoms with van der Waals surface area (Å²) in [5.74, 6) is 0.392. The Morgan fingerprint density at radius 1 is 1.67 bits per heavy atom. The highest BCUT2D eigenvalue weighted by atomic mass is 16.1. The van der Waals surface area contributed by atoms with E-state index in [2.05, 4.69) is 22.1 Å². The van der Waals surface area contributed by atoms with Crippen LogP contribution in [0.1, 0.15) is 24.5 Å². The summed E-state index contributed by atoms with van der Waals surface area (Å²) >= 11 is 0. The molecular weight excluding hydrogens is 192 g/mol. The minimum atomic E-state index is -0.303. The largest absolute Gasteiger partial charge is 0.394 e. The Morgan fingerprint density at radius 3 is 3.13 bits per heavy atom. The Balaban J connectivity index is 2.21. The smallest absolute Gasteiger partial charge is 0.287 e. The maximum Gasteiger partial charge on any atom is 0.287 e. The van der Waals surface area contributed by atoms with Crippen LogP contribution in [0.25, 0.3) is 0 Å². The van der Waals surface area contributed by atoms with E-state index in [0.29, 0.717) is 5.92 Å². The van der Waals surface area contributed by atoms with Gasteiger partial charge in [-0.15, -0.1) is 0 Å². The van der Waals surface area contributed by atoms with Crippen molar-refractivity contribution >= 4 is 5.69 Å². The first-order chi connectivity index (χ1) is 7.16. The van der Waals surface area contributed by atoms with E-state index in [0.717, 1.165) is 25.2 Å². The quantitative estimate of drug-likeness (QED) is 0.689. The Hall–Kier alpha value is -1.36. The summed E-state index contributed by atoms with van der Waals surface area (Å²) in [6.45, 7) is 2.12. The first kappa shape index (κ1) is 10.2. The molecule has 2 rings (SSSR count). The van der Waals surface area contributed by atoms with Crippen LogP contribution in [0, 0.1) is 0 Å². The second-order valence-electron chi connectivity index (χ2n) is 4.18. The highest BCUT2D eigenvalue weighted by molar-refractivity contribution is 5.35. The van der Waals surface area contributed by atoms with Gasteiger partial charge >= 0.3 is 0 Å². The van der Waals surface area contributed by atoms with Crippen LogP contribution in [0.4, 0.5) is 5.69 Å². The fourth-order valence-electron chi connectivity index (χ4n) is 2.05. The van der Waals surface area contributed by atoms with Gasteiger partial charge in [-0.1, -0.05) is 0 Å². The molecular formula is C10H16N4O. The van der Waals surface area contributed by atoms with E-state index in [1.807, 2.05) is 0 Å². The van der Waals surface area contributed by atoms with Gasteiger partial charge in [0, 0.05) is 12.5 Å². The third-order valence-corrected chi connectivity index (χ3v) is 2.89. The highest BCUT2D eigenvalue weighted by Crippen LogP contribution is 2.24. The molecule has 0 saturated carbocycles. The molecule has 1 aliphatic heterocycles. The molecule has 1 aromatic heterocycles. The van der Waals surface area contributed by atoms with Crippen LogP contribution in [0.2, 0.25) is 0 Å². The number of nitrogens with zero attached hydrogens (tertiary/aromatic N) is 2. The molecule has 15 heavy (non-hydrogen) atoms. The number of H-pyrrole nitrogens is 1. The Kier molecular flexibility index (Phi) is 2.73. The number of rotatable bonds is 1. The van der Waals surface area contributed by atoms with Crippen molar-refractivity contribution in [3.05, 3.63) is 22.1 Å². The fourth-order valence-corrected chi connectivity index (χ4v) is 2.05. The zero-order valence-electron chi connectivity index (χ0n) is 8.86. The van der Waals surface area contributed by atoms with E-state index in [4.69, 9.17) is 5.73 Å². The average Bonchev–Trinajstić information content (AvgIpc) is 2.22. The Morgan fingerprint density at radius 2 is 2.47 bits per heavy atom. The van der Waals surface area contributed by atoms with Crippen molar-refractivity contribution in [3.63, 3.8) is 0 Å². The molecule has 0 bridgehead atoms. The minimum Gasteiger partial charge on any atom is -0.394 e. The lowest BCUT2D eigenvalue weighted by molar-refractivity contribution is 0.248. The average molecular weight is 208 g/mol. The molecule has 0 amide bonds. The molecule has 0 aliphatic carbocycles. The Bertz CT molecular complexity index is 401. The van der Waals surface area contributed by atoms with Gasteiger partial charge in [0.05, 0.1) is 5.69 Å². The molecule has 0 radical (unpaired) electrons. The molecule has 3 N–H and O–H groups in total. The lowest BCUT2D eigenvalue weighted by Gasteiger charge is -2.28. The molecule has 1 unspecified atom stereocenters. The molecule has 1 atom stereocenters. The van der Waals surface area contributed by atoms with Crippen molar-refractivity contribution < 1.29 is 0 Å². The number of likely N-dealkylation sites (tertiary alicyclic amines) is 1. The van der Waals surface area contributed by atoms with E-state index >= 15 is 0 Å². The number of anilines is 1. The van der Waals surface area contributed by atoms with Crippen LogP contribution >= 0.6 is 0 Å². The van der Waals surface area contributed by atoms with Crippen LogP contribution in [-0.2, 0) is 0 Å². The number of aromatic amines is 1. The monoisotopic (exact) mass is 208 g/mol. The molecule has 82 valence electrons. The van der Waals surface area contributed by atoms with Gasteiger partial charge in [-0.2, -0.15) is 5.10 Å². The predicted octanol–water partition coefficient (Wildman–Crippen LogP) is 0.161. The van der Waals surface area contributed by atoms with Crippen molar-refractivity contribution in [1.29, 1.82) is 0 Å². The van der Waals surface area contributed by atoms with Gasteiger partial charge in [0.15, 0.2) is 0 Å². The second kappa shape index (κ2) is 4.02. The molecule has 5 heteroatoms. The van der Waals surface area contributed by atoms with Crippen molar-refractivity contribution in [2.75, 3.05) is 25.9 Å². The van der Waals surface area contributed by atoms with Gasteiger partial charge in [-0.25, -0.2) is 5.10 Å². The molecule has 0 spiro atoms. The number of likely N-dealkylation sites (N-methyl/N-ethyl adjacent to an activating group) is 1. The zero-order valence-corrected chi connectivity index (χ0v) is 8.86. The van der Waals surface area contributed by atoms with Gasteiger partial charge in [-0.3, -0.25) is 4.79 Å². The van der Waals surface area contributed by atoms with Gasteiger partial charge in [-0.05, 0) is 32.5 Å². The molecule has 5 nitrogen and oxygen atoms in total. The van der Waals surface area contributed by atoms with Crippen LogP contribution in [-0.4, -0.2) is 35.2 Å². The van der Waals surface area contributed by atoms with Crippen LogP contribution in [0.3, 0.4) is 0 Å². The van der Waals surface area contributed by atoms with E-state index in [1.165, 1.54) is 6.42 Å². The van der Waals surface area contributed by atoms with Crippen LogP contribution < -0.4 is 11.3 Å². The lowest BCUT2D eigenvalue weighted by atomic mass is 9.95. The number of nitrogens with one attached hydrogen (secondary N) is 1. The standard InChI is InChI=1S/C10H16N4O/c1-14-4-2-3-7(6-14)9-5-8(11)10(15)13-12-9/h5,7H,2-4,6H2,1H3,(H2,11,12)(H,13,15). The van der Waals surface area contributed by atoms with E-state index < -0.39 is 0 Å². The summed E-state index contributed by atoms with van der Waals surface area (Å²) < 4.78 is 0. The summed E-state index contributed by atoms with van der Waals surface area (Å²) in [5, 5.41) is 6.48. The third-order valence-electron chi connectivity index (χ3n) is 2.89. The molecule has 1 aromatic rings. The number of nitrogen functional groups attached to an aromatic ring is 1. The van der Waals surface area contributed by atoms with Crippen molar-refractivity contribution in [1.82, 2.24) is 15.1 Å². The SMILES string of the molecule is CN1CCCC(c2cc(N)c(=O)[nH]n2)C1. The van der Waals surface area contributed by atoms with Crippen LogP contribution in [0.15, 0.2) is 10.9 Å².